The van der Waals surface area contributed by atoms with Gasteiger partial charge in [-0.05, 0) is 6.92 Å². The highest BCUT2D eigenvalue weighted by atomic mass is 16.6. The molecule has 0 aromatic carbocycles. The van der Waals surface area contributed by atoms with Crippen molar-refractivity contribution < 1.29 is 4.92 Å². The molecule has 2 aromatic heterocycles. The Morgan fingerprint density at radius 1 is 1.42 bits per heavy atom. The third-order valence-corrected chi connectivity index (χ3v) is 2.66. The second-order valence-electron chi connectivity index (χ2n) is 3.83. The summed E-state index contributed by atoms with van der Waals surface area (Å²) in [6.07, 6.45) is 4.10. The van der Waals surface area contributed by atoms with E-state index in [1.165, 1.54) is 0 Å². The van der Waals surface area contributed by atoms with Crippen LogP contribution in [0.5, 0.6) is 0 Å². The third kappa shape index (κ3) is 2.44. The van der Waals surface area contributed by atoms with Crippen molar-refractivity contribution >= 4 is 5.69 Å². The van der Waals surface area contributed by atoms with Gasteiger partial charge in [-0.1, -0.05) is 0 Å². The number of hydrogen-bond donors (Lipinski definition) is 1. The molecule has 0 saturated carbocycles. The standard InChI is InChI=1S/C10H11N5O4/c1-2-13-6-11-3-7(13)4-14-5-8(15(18)19)9(16)12-10(14)17/h3,5-6H,2,4H2,1H3,(H,12,16,17). The Balaban J connectivity index is 2.46. The second-order valence-corrected chi connectivity index (χ2v) is 3.83. The maximum atomic E-state index is 11.6. The molecular weight excluding hydrogens is 254 g/mol. The molecule has 19 heavy (non-hydrogen) atoms. The van der Waals surface area contributed by atoms with Gasteiger partial charge in [0.25, 0.3) is 0 Å². The normalized spacial score (nSPS) is 10.6. The van der Waals surface area contributed by atoms with Crippen molar-refractivity contribution in [2.45, 2.75) is 20.0 Å². The summed E-state index contributed by atoms with van der Waals surface area (Å²) < 4.78 is 2.87. The van der Waals surface area contributed by atoms with E-state index in [2.05, 4.69) is 4.98 Å². The molecule has 0 aliphatic carbocycles. The summed E-state index contributed by atoms with van der Waals surface area (Å²) >= 11 is 0. The zero-order chi connectivity index (χ0) is 14.0. The monoisotopic (exact) mass is 265 g/mol. The summed E-state index contributed by atoms with van der Waals surface area (Å²) in [5, 5.41) is 10.7. The van der Waals surface area contributed by atoms with Crippen molar-refractivity contribution in [1.29, 1.82) is 0 Å². The maximum absolute atomic E-state index is 11.6. The fourth-order valence-corrected chi connectivity index (χ4v) is 1.68. The summed E-state index contributed by atoms with van der Waals surface area (Å²) in [5.41, 5.74) is -1.65. The van der Waals surface area contributed by atoms with Crippen LogP contribution in [0.15, 0.2) is 28.3 Å². The topological polar surface area (TPSA) is 116 Å². The van der Waals surface area contributed by atoms with Gasteiger partial charge in [0.15, 0.2) is 0 Å². The molecule has 0 radical (unpaired) electrons. The highest BCUT2D eigenvalue weighted by Crippen LogP contribution is 2.04. The molecule has 0 fully saturated rings. The quantitative estimate of drug-likeness (QED) is 0.602. The smallest absolute Gasteiger partial charge is 0.333 e. The molecule has 0 bridgehead atoms. The molecule has 1 N–H and O–H groups in total. The van der Waals surface area contributed by atoms with E-state index in [-0.39, 0.29) is 6.54 Å². The highest BCUT2D eigenvalue weighted by Gasteiger charge is 2.15. The number of nitrogens with zero attached hydrogens (tertiary/aromatic N) is 4. The highest BCUT2D eigenvalue weighted by molar-refractivity contribution is 5.21. The van der Waals surface area contributed by atoms with E-state index in [1.54, 1.807) is 17.1 Å². The van der Waals surface area contributed by atoms with Crippen LogP contribution in [0.4, 0.5) is 5.69 Å². The first-order chi connectivity index (χ1) is 9.02. The largest absolute Gasteiger partial charge is 0.350 e. The number of nitrogens with one attached hydrogen (secondary N) is 1. The van der Waals surface area contributed by atoms with Gasteiger partial charge in [-0.2, -0.15) is 0 Å². The lowest BCUT2D eigenvalue weighted by Crippen LogP contribution is -2.31. The summed E-state index contributed by atoms with van der Waals surface area (Å²) in [7, 11) is 0. The van der Waals surface area contributed by atoms with Crippen molar-refractivity contribution in [2.75, 3.05) is 0 Å². The fourth-order valence-electron chi connectivity index (χ4n) is 1.68. The van der Waals surface area contributed by atoms with Crippen molar-refractivity contribution in [3.05, 3.63) is 55.4 Å². The molecule has 0 amide bonds. The zero-order valence-electron chi connectivity index (χ0n) is 10.1. The lowest BCUT2D eigenvalue weighted by Gasteiger charge is -2.06. The molecular formula is C10H11N5O4. The average molecular weight is 265 g/mol. The molecule has 0 atom stereocenters. The Hall–Kier alpha value is -2.71. The Kier molecular flexibility index (Phi) is 3.27. The first-order valence-corrected chi connectivity index (χ1v) is 5.50. The molecule has 2 rings (SSSR count). The Bertz CT molecular complexity index is 726. The van der Waals surface area contributed by atoms with Gasteiger partial charge in [0.05, 0.1) is 29.7 Å². The Morgan fingerprint density at radius 2 is 2.16 bits per heavy atom. The van der Waals surface area contributed by atoms with Crippen LogP contribution in [0.2, 0.25) is 0 Å². The van der Waals surface area contributed by atoms with Gasteiger partial charge in [0.2, 0.25) is 0 Å². The SMILES string of the molecule is CCn1cncc1Cn1cc([N+](=O)[O-])c(=O)[nH]c1=O. The first-order valence-electron chi connectivity index (χ1n) is 5.50. The Labute approximate surface area is 106 Å². The maximum Gasteiger partial charge on any atom is 0.350 e. The number of nitro groups is 1. The number of H-pyrrole nitrogens is 1. The van der Waals surface area contributed by atoms with E-state index in [1.807, 2.05) is 11.9 Å². The van der Waals surface area contributed by atoms with E-state index in [9.17, 15) is 19.7 Å². The lowest BCUT2D eigenvalue weighted by atomic mass is 10.4. The number of aromatic nitrogens is 4. The van der Waals surface area contributed by atoms with Crippen molar-refractivity contribution in [2.24, 2.45) is 0 Å². The van der Waals surface area contributed by atoms with Crippen LogP contribution >= 0.6 is 0 Å². The third-order valence-electron chi connectivity index (χ3n) is 2.66. The summed E-state index contributed by atoms with van der Waals surface area (Å²) in [4.78, 5) is 38.5. The molecule has 0 aliphatic heterocycles. The summed E-state index contributed by atoms with van der Waals surface area (Å²) in [5.74, 6) is 0. The lowest BCUT2D eigenvalue weighted by molar-refractivity contribution is -0.386. The molecule has 100 valence electrons. The number of imidazole rings is 1. The van der Waals surface area contributed by atoms with E-state index >= 15 is 0 Å². The van der Waals surface area contributed by atoms with Crippen LogP contribution in [0.1, 0.15) is 12.6 Å². The minimum absolute atomic E-state index is 0.101. The fraction of sp³-hybridized carbons (Fsp3) is 0.300. The second kappa shape index (κ2) is 4.88. The first kappa shape index (κ1) is 12.7. The summed E-state index contributed by atoms with van der Waals surface area (Å²) in [6.45, 7) is 2.67. The number of aromatic amines is 1. The van der Waals surface area contributed by atoms with E-state index < -0.39 is 21.9 Å². The minimum Gasteiger partial charge on any atom is -0.333 e. The molecule has 9 heteroatoms. The van der Waals surface area contributed by atoms with Gasteiger partial charge in [0.1, 0.15) is 0 Å². The van der Waals surface area contributed by atoms with Crippen LogP contribution in [-0.2, 0) is 13.1 Å². The van der Waals surface area contributed by atoms with E-state index in [0.717, 1.165) is 10.8 Å². The van der Waals surface area contributed by atoms with Crippen LogP contribution < -0.4 is 11.2 Å². The number of rotatable bonds is 4. The number of aryl methyl sites for hydroxylation is 1. The van der Waals surface area contributed by atoms with Crippen LogP contribution in [0.25, 0.3) is 0 Å². The average Bonchev–Trinajstić information content (AvgIpc) is 2.79. The van der Waals surface area contributed by atoms with Gasteiger partial charge < -0.3 is 4.57 Å². The molecule has 0 spiro atoms. The molecule has 0 saturated heterocycles. The van der Waals surface area contributed by atoms with Crippen molar-refractivity contribution in [3.8, 4) is 0 Å². The van der Waals surface area contributed by atoms with Crippen LogP contribution in [0, 0.1) is 10.1 Å². The van der Waals surface area contributed by atoms with Crippen LogP contribution in [-0.4, -0.2) is 24.0 Å². The molecule has 0 unspecified atom stereocenters. The molecule has 9 nitrogen and oxygen atoms in total. The van der Waals surface area contributed by atoms with E-state index in [4.69, 9.17) is 0 Å². The van der Waals surface area contributed by atoms with Gasteiger partial charge in [-0.3, -0.25) is 24.5 Å². The Morgan fingerprint density at radius 3 is 2.79 bits per heavy atom. The van der Waals surface area contributed by atoms with E-state index in [0.29, 0.717) is 12.2 Å². The van der Waals surface area contributed by atoms with Crippen molar-refractivity contribution in [1.82, 2.24) is 19.1 Å². The number of hydrogen-bond acceptors (Lipinski definition) is 5. The minimum atomic E-state index is -1.00. The van der Waals surface area contributed by atoms with Gasteiger partial charge in [0, 0.05) is 12.7 Å². The predicted molar refractivity (Wildman–Crippen MR) is 65.0 cm³/mol. The zero-order valence-corrected chi connectivity index (χ0v) is 10.1. The molecule has 2 heterocycles. The predicted octanol–water partition coefficient (Wildman–Crippen LogP) is -0.291. The molecule has 0 aliphatic rings. The van der Waals surface area contributed by atoms with Gasteiger partial charge >= 0.3 is 16.9 Å². The van der Waals surface area contributed by atoms with Crippen LogP contribution in [0.3, 0.4) is 0 Å². The summed E-state index contributed by atoms with van der Waals surface area (Å²) in [6, 6.07) is 0. The van der Waals surface area contributed by atoms with Gasteiger partial charge in [-0.15, -0.1) is 0 Å². The van der Waals surface area contributed by atoms with Crippen molar-refractivity contribution in [3.63, 3.8) is 0 Å². The van der Waals surface area contributed by atoms with Gasteiger partial charge in [-0.25, -0.2) is 9.78 Å². The molecule has 2 aromatic rings.